The Balaban J connectivity index is 1.62. The number of ether oxygens (including phenoxy) is 4. The average Bonchev–Trinajstić information content (AvgIpc) is 3.47. The van der Waals surface area contributed by atoms with Crippen molar-refractivity contribution in [1.82, 2.24) is 0 Å². The molecule has 0 bridgehead atoms. The third-order valence-corrected chi connectivity index (χ3v) is 7.73. The molecule has 8 atom stereocenters. The predicted molar refractivity (Wildman–Crippen MR) is 115 cm³/mol. The van der Waals surface area contributed by atoms with Crippen molar-refractivity contribution in [3.8, 4) is 0 Å². The van der Waals surface area contributed by atoms with Gasteiger partial charge < -0.3 is 18.9 Å². The third-order valence-electron chi connectivity index (χ3n) is 7.73. The molecule has 0 spiro atoms. The van der Waals surface area contributed by atoms with Crippen LogP contribution in [0.4, 0.5) is 0 Å². The van der Waals surface area contributed by atoms with Crippen LogP contribution in [0.15, 0.2) is 35.5 Å². The Morgan fingerprint density at radius 3 is 2.50 bits per heavy atom. The topological polar surface area (TPSA) is 91.4 Å². The molecule has 7 heteroatoms. The fourth-order valence-corrected chi connectivity index (χ4v) is 5.80. The summed E-state index contributed by atoms with van der Waals surface area (Å²) in [5.41, 5.74) is 0.307. The number of hydrogen-bond acceptors (Lipinski definition) is 7. The summed E-state index contributed by atoms with van der Waals surface area (Å²) >= 11 is 0. The molecule has 0 aromatic rings. The summed E-state index contributed by atoms with van der Waals surface area (Å²) in [6.45, 7) is 15.1. The van der Waals surface area contributed by atoms with E-state index in [4.69, 9.17) is 18.9 Å². The van der Waals surface area contributed by atoms with Crippen LogP contribution in [-0.4, -0.2) is 47.9 Å². The van der Waals surface area contributed by atoms with Crippen molar-refractivity contribution in [3.63, 3.8) is 0 Å². The normalized spacial score (nSPS) is 42.1. The van der Waals surface area contributed by atoms with E-state index in [2.05, 4.69) is 13.5 Å². The first kappa shape index (κ1) is 22.8. The van der Waals surface area contributed by atoms with E-state index in [1.165, 1.54) is 6.08 Å². The van der Waals surface area contributed by atoms with Crippen LogP contribution in [0.25, 0.3) is 0 Å². The standard InChI is InChI=1S/C25H32O7/c1-8-13(4)22(27)32-25(7)15-9-10-24(6)17(19(15)31-23(25)28)14(5)18(20-21(24)30-20)29-16(26)11-12(2)3/h8,11,15,17-21H,5,9-10H2,1-4,6-7H3/b13-8-/t15-,17+,18-,19-,20-,21-,24+,25+/m1/s1. The van der Waals surface area contributed by atoms with E-state index in [-0.39, 0.29) is 29.5 Å². The molecule has 174 valence electrons. The van der Waals surface area contributed by atoms with E-state index in [0.29, 0.717) is 17.6 Å². The molecule has 0 N–H and O–H groups in total. The second-order valence-electron chi connectivity index (χ2n) is 10.1. The summed E-state index contributed by atoms with van der Waals surface area (Å²) in [4.78, 5) is 37.8. The summed E-state index contributed by atoms with van der Waals surface area (Å²) in [5.74, 6) is -2.09. The smallest absolute Gasteiger partial charge is 0.351 e. The van der Waals surface area contributed by atoms with Crippen LogP contribution < -0.4 is 0 Å². The Hall–Kier alpha value is -2.41. The molecule has 0 unspecified atom stereocenters. The van der Waals surface area contributed by atoms with E-state index in [1.807, 2.05) is 13.8 Å². The lowest BCUT2D eigenvalue weighted by Crippen LogP contribution is -2.56. The summed E-state index contributed by atoms with van der Waals surface area (Å²) in [7, 11) is 0. The van der Waals surface area contributed by atoms with Crippen LogP contribution in [-0.2, 0) is 33.3 Å². The zero-order valence-corrected chi connectivity index (χ0v) is 19.6. The lowest BCUT2D eigenvalue weighted by molar-refractivity contribution is -0.170. The van der Waals surface area contributed by atoms with Gasteiger partial charge >= 0.3 is 17.9 Å². The lowest BCUT2D eigenvalue weighted by atomic mass is 9.54. The van der Waals surface area contributed by atoms with Gasteiger partial charge in [0.1, 0.15) is 12.2 Å². The Kier molecular flexibility index (Phi) is 5.39. The monoisotopic (exact) mass is 444 g/mol. The minimum atomic E-state index is -1.37. The minimum absolute atomic E-state index is 0.0955. The van der Waals surface area contributed by atoms with Crippen LogP contribution in [0.3, 0.4) is 0 Å². The van der Waals surface area contributed by atoms with Crippen molar-refractivity contribution in [3.05, 3.63) is 35.5 Å². The van der Waals surface area contributed by atoms with Crippen molar-refractivity contribution < 1.29 is 33.3 Å². The van der Waals surface area contributed by atoms with Gasteiger partial charge in [-0.2, -0.15) is 0 Å². The molecule has 2 aliphatic heterocycles. The third kappa shape index (κ3) is 3.33. The maximum atomic E-state index is 13.0. The van der Waals surface area contributed by atoms with Crippen molar-refractivity contribution in [2.24, 2.45) is 17.3 Å². The number of esters is 3. The predicted octanol–water partition coefficient (Wildman–Crippen LogP) is 3.43. The highest BCUT2D eigenvalue weighted by Gasteiger charge is 2.73. The maximum absolute atomic E-state index is 13.0. The van der Waals surface area contributed by atoms with Crippen molar-refractivity contribution in [2.45, 2.75) is 84.4 Å². The van der Waals surface area contributed by atoms with E-state index in [0.717, 1.165) is 12.0 Å². The molecule has 0 aromatic heterocycles. The van der Waals surface area contributed by atoms with Crippen molar-refractivity contribution >= 4 is 17.9 Å². The molecular weight excluding hydrogens is 412 g/mol. The number of rotatable bonds is 4. The summed E-state index contributed by atoms with van der Waals surface area (Å²) < 4.78 is 23.3. The van der Waals surface area contributed by atoms with Gasteiger partial charge in [0, 0.05) is 28.9 Å². The quantitative estimate of drug-likeness (QED) is 0.216. The Bertz CT molecular complexity index is 942. The molecule has 2 aliphatic carbocycles. The van der Waals surface area contributed by atoms with Gasteiger partial charge in [-0.05, 0) is 53.0 Å². The first-order chi connectivity index (χ1) is 14.9. The van der Waals surface area contributed by atoms with Gasteiger partial charge in [0.05, 0.1) is 6.10 Å². The van der Waals surface area contributed by atoms with Gasteiger partial charge in [0.15, 0.2) is 6.10 Å². The number of fused-ring (bicyclic) bond motifs is 5. The van der Waals surface area contributed by atoms with Crippen LogP contribution in [0.2, 0.25) is 0 Å². The van der Waals surface area contributed by atoms with Crippen LogP contribution in [0.1, 0.15) is 54.4 Å². The SMILES string of the molecule is C=C1[C@@H](OC(=O)C=C(C)C)[C@H]2O[C@H]2[C@@]2(C)CC[C@@H]3[C@@H](OC(=O)[C@@]3(C)OC(=O)/C(C)=C\C)[C@H]12. The number of allylic oxidation sites excluding steroid dienone is 2. The Labute approximate surface area is 188 Å². The van der Waals surface area contributed by atoms with E-state index >= 15 is 0 Å². The molecule has 4 fully saturated rings. The average molecular weight is 445 g/mol. The minimum Gasteiger partial charge on any atom is -0.458 e. The highest BCUT2D eigenvalue weighted by atomic mass is 16.6. The molecule has 0 aromatic carbocycles. The molecule has 0 amide bonds. The number of hydrogen-bond donors (Lipinski definition) is 0. The molecule has 32 heavy (non-hydrogen) atoms. The number of carbonyl (C=O) groups is 3. The largest absolute Gasteiger partial charge is 0.458 e. The lowest BCUT2D eigenvalue weighted by Gasteiger charge is -2.50. The highest BCUT2D eigenvalue weighted by Crippen LogP contribution is 2.64. The first-order valence-electron chi connectivity index (χ1n) is 11.2. The van der Waals surface area contributed by atoms with Gasteiger partial charge in [-0.1, -0.05) is 25.2 Å². The second kappa shape index (κ2) is 7.58. The highest BCUT2D eigenvalue weighted by molar-refractivity contribution is 5.92. The summed E-state index contributed by atoms with van der Waals surface area (Å²) in [5, 5.41) is 0. The molecule has 2 heterocycles. The van der Waals surface area contributed by atoms with Gasteiger partial charge in [0.2, 0.25) is 5.60 Å². The first-order valence-corrected chi connectivity index (χ1v) is 11.2. The van der Waals surface area contributed by atoms with Gasteiger partial charge in [0.25, 0.3) is 0 Å². The van der Waals surface area contributed by atoms with Gasteiger partial charge in [-0.3, -0.25) is 0 Å². The van der Waals surface area contributed by atoms with Gasteiger partial charge in [-0.15, -0.1) is 0 Å². The zero-order valence-electron chi connectivity index (χ0n) is 19.6. The molecule has 2 saturated heterocycles. The van der Waals surface area contributed by atoms with E-state index in [9.17, 15) is 14.4 Å². The molecule has 2 saturated carbocycles. The molecule has 4 rings (SSSR count). The van der Waals surface area contributed by atoms with Crippen molar-refractivity contribution in [1.29, 1.82) is 0 Å². The number of epoxide rings is 1. The number of carbonyl (C=O) groups excluding carboxylic acids is 3. The molecular formula is C25H32O7. The summed E-state index contributed by atoms with van der Waals surface area (Å²) in [6.07, 6.45) is 3.07. The van der Waals surface area contributed by atoms with Crippen LogP contribution in [0, 0.1) is 17.3 Å². The van der Waals surface area contributed by atoms with E-state index < -0.39 is 35.7 Å². The molecule has 0 radical (unpaired) electrons. The maximum Gasteiger partial charge on any atom is 0.351 e. The second-order valence-corrected chi connectivity index (χ2v) is 10.1. The Morgan fingerprint density at radius 2 is 1.88 bits per heavy atom. The van der Waals surface area contributed by atoms with Crippen molar-refractivity contribution in [2.75, 3.05) is 0 Å². The van der Waals surface area contributed by atoms with Crippen LogP contribution >= 0.6 is 0 Å². The van der Waals surface area contributed by atoms with E-state index in [1.54, 1.807) is 26.8 Å². The fourth-order valence-electron chi connectivity index (χ4n) is 5.80. The summed E-state index contributed by atoms with van der Waals surface area (Å²) in [6, 6.07) is 0. The zero-order chi connectivity index (χ0) is 23.6. The molecule has 7 nitrogen and oxygen atoms in total. The Morgan fingerprint density at radius 1 is 1.19 bits per heavy atom. The van der Waals surface area contributed by atoms with Crippen LogP contribution in [0.5, 0.6) is 0 Å². The van der Waals surface area contributed by atoms with Gasteiger partial charge in [-0.25, -0.2) is 14.4 Å². The molecule has 4 aliphatic rings. The fraction of sp³-hybridized carbons (Fsp3) is 0.640.